The molecule has 1 aromatic rings. The van der Waals surface area contributed by atoms with Crippen LogP contribution in [0.15, 0.2) is 36.5 Å². The van der Waals surface area contributed by atoms with Crippen molar-refractivity contribution in [3.63, 3.8) is 0 Å². The van der Waals surface area contributed by atoms with E-state index in [4.69, 9.17) is 0 Å². The molecule has 2 rings (SSSR count). The van der Waals surface area contributed by atoms with Crippen molar-refractivity contribution >= 4 is 11.4 Å². The number of hydrogen-bond donors (Lipinski definition) is 0. The third-order valence-corrected chi connectivity index (χ3v) is 3.29. The average Bonchev–Trinajstić information content (AvgIpc) is 2.45. The Morgan fingerprint density at radius 3 is 2.20 bits per heavy atom. The van der Waals surface area contributed by atoms with Crippen molar-refractivity contribution in [3.05, 3.63) is 42.1 Å². The highest BCUT2D eigenvalue weighted by molar-refractivity contribution is 6.23. The van der Waals surface area contributed by atoms with Crippen LogP contribution in [0.5, 0.6) is 0 Å². The lowest BCUT2D eigenvalue weighted by Gasteiger charge is -2.26. The summed E-state index contributed by atoms with van der Waals surface area (Å²) < 4.78 is 38.2. The number of benzene rings is 1. The molecule has 108 valence electrons. The highest BCUT2D eigenvalue weighted by atomic mass is 19.4. The fraction of sp³-hybridized carbons (Fsp3) is 0.400. The van der Waals surface area contributed by atoms with Crippen LogP contribution in [0.2, 0.25) is 0 Å². The molecular weight excluding hydrogens is 267 g/mol. The number of piperidine rings is 1. The minimum atomic E-state index is -4.85. The van der Waals surface area contributed by atoms with E-state index < -0.39 is 12.0 Å². The number of ketones is 1. The number of rotatable bonds is 3. The zero-order valence-corrected chi connectivity index (χ0v) is 11.0. The maximum absolute atomic E-state index is 12.7. The summed E-state index contributed by atoms with van der Waals surface area (Å²) in [6.45, 7) is 1.39. The van der Waals surface area contributed by atoms with Crippen LogP contribution >= 0.6 is 0 Å². The number of allylic oxidation sites excluding steroid dienone is 1. The molecule has 0 N–H and O–H groups in total. The summed E-state index contributed by atoms with van der Waals surface area (Å²) in [5.74, 6) is -1.78. The fourth-order valence-electron chi connectivity index (χ4n) is 2.26. The van der Waals surface area contributed by atoms with Crippen LogP contribution in [0, 0.1) is 0 Å². The second-order valence-electron chi connectivity index (χ2n) is 4.83. The van der Waals surface area contributed by atoms with Gasteiger partial charge in [0.15, 0.2) is 0 Å². The van der Waals surface area contributed by atoms with Gasteiger partial charge in [-0.2, -0.15) is 13.2 Å². The Labute approximate surface area is 115 Å². The first-order valence-electron chi connectivity index (χ1n) is 6.61. The molecule has 0 bridgehead atoms. The zero-order chi connectivity index (χ0) is 14.6. The number of hydrogen-bond acceptors (Lipinski definition) is 2. The summed E-state index contributed by atoms with van der Waals surface area (Å²) in [5, 5.41) is 0. The molecule has 1 fully saturated rings. The van der Waals surface area contributed by atoms with E-state index in [1.54, 1.807) is 23.1 Å². The molecule has 0 radical (unpaired) electrons. The standard InChI is InChI=1S/C15H16F3NO/c16-15(17,18)14(20)13(12-7-3-1-4-8-12)11-19-9-5-2-6-10-19/h1,3-4,7-8,11H,2,5-6,9-10H2/b13-11-. The van der Waals surface area contributed by atoms with Crippen molar-refractivity contribution in [2.75, 3.05) is 13.1 Å². The van der Waals surface area contributed by atoms with Crippen LogP contribution in [-0.2, 0) is 4.79 Å². The van der Waals surface area contributed by atoms with E-state index in [0.29, 0.717) is 18.7 Å². The van der Waals surface area contributed by atoms with Crippen molar-refractivity contribution in [2.45, 2.75) is 25.4 Å². The topological polar surface area (TPSA) is 20.3 Å². The van der Waals surface area contributed by atoms with Crippen LogP contribution in [0.4, 0.5) is 13.2 Å². The number of halogens is 3. The molecule has 1 aromatic carbocycles. The third-order valence-electron chi connectivity index (χ3n) is 3.29. The summed E-state index contributed by atoms with van der Waals surface area (Å²) in [6, 6.07) is 8.02. The monoisotopic (exact) mass is 283 g/mol. The molecule has 0 atom stereocenters. The summed E-state index contributed by atoms with van der Waals surface area (Å²) in [6.07, 6.45) is -0.516. The van der Waals surface area contributed by atoms with Gasteiger partial charge in [-0.1, -0.05) is 30.3 Å². The van der Waals surface area contributed by atoms with Crippen LogP contribution in [0.1, 0.15) is 24.8 Å². The molecule has 2 nitrogen and oxygen atoms in total. The Morgan fingerprint density at radius 2 is 1.65 bits per heavy atom. The predicted molar refractivity (Wildman–Crippen MR) is 70.9 cm³/mol. The molecule has 0 saturated carbocycles. The number of carbonyl (C=O) groups is 1. The van der Waals surface area contributed by atoms with Gasteiger partial charge in [0.05, 0.1) is 5.57 Å². The Morgan fingerprint density at radius 1 is 1.05 bits per heavy atom. The molecule has 1 heterocycles. The molecule has 1 aliphatic heterocycles. The lowest BCUT2D eigenvalue weighted by atomic mass is 10.0. The van der Waals surface area contributed by atoms with E-state index in [2.05, 4.69) is 0 Å². The zero-order valence-electron chi connectivity index (χ0n) is 11.0. The van der Waals surface area contributed by atoms with Gasteiger partial charge < -0.3 is 4.90 Å². The van der Waals surface area contributed by atoms with Gasteiger partial charge in [-0.05, 0) is 24.8 Å². The molecule has 0 aromatic heterocycles. The van der Waals surface area contributed by atoms with Gasteiger partial charge in [0.1, 0.15) is 0 Å². The predicted octanol–water partition coefficient (Wildman–Crippen LogP) is 3.64. The van der Waals surface area contributed by atoms with E-state index in [1.807, 2.05) is 0 Å². The Hall–Kier alpha value is -1.78. The van der Waals surface area contributed by atoms with Crippen LogP contribution < -0.4 is 0 Å². The number of alkyl halides is 3. The summed E-state index contributed by atoms with van der Waals surface area (Å²) in [4.78, 5) is 13.4. The second-order valence-corrected chi connectivity index (χ2v) is 4.83. The number of likely N-dealkylation sites (tertiary alicyclic amines) is 1. The number of nitrogens with zero attached hydrogens (tertiary/aromatic N) is 1. The van der Waals surface area contributed by atoms with Crippen molar-refractivity contribution in [2.24, 2.45) is 0 Å². The molecule has 0 aliphatic carbocycles. The quantitative estimate of drug-likeness (QED) is 0.789. The lowest BCUT2D eigenvalue weighted by Crippen LogP contribution is -2.28. The molecule has 1 saturated heterocycles. The van der Waals surface area contributed by atoms with Crippen LogP contribution in [0.3, 0.4) is 0 Å². The van der Waals surface area contributed by atoms with Gasteiger partial charge in [0.25, 0.3) is 5.78 Å². The smallest absolute Gasteiger partial charge is 0.377 e. The first kappa shape index (κ1) is 14.6. The van der Waals surface area contributed by atoms with Crippen molar-refractivity contribution in [1.29, 1.82) is 0 Å². The maximum atomic E-state index is 12.7. The SMILES string of the molecule is O=C(/C(=C\N1CCCCC1)c1ccccc1)C(F)(F)F. The second kappa shape index (κ2) is 6.11. The number of carbonyl (C=O) groups excluding carboxylic acids is 1. The van der Waals surface area contributed by atoms with Gasteiger partial charge in [0, 0.05) is 19.3 Å². The molecule has 1 aliphatic rings. The van der Waals surface area contributed by atoms with Crippen molar-refractivity contribution in [1.82, 2.24) is 4.90 Å². The Bertz CT molecular complexity index is 488. The van der Waals surface area contributed by atoms with E-state index in [-0.39, 0.29) is 5.57 Å². The Kier molecular flexibility index (Phi) is 4.47. The van der Waals surface area contributed by atoms with Crippen molar-refractivity contribution in [3.8, 4) is 0 Å². The number of Topliss-reactive ketones (excluding diaryl/α,β-unsaturated/α-hetero) is 1. The van der Waals surface area contributed by atoms with Crippen LogP contribution in [-0.4, -0.2) is 29.9 Å². The van der Waals surface area contributed by atoms with Crippen LogP contribution in [0.25, 0.3) is 5.57 Å². The van der Waals surface area contributed by atoms with E-state index in [1.165, 1.54) is 18.3 Å². The van der Waals surface area contributed by atoms with Gasteiger partial charge in [-0.15, -0.1) is 0 Å². The highest BCUT2D eigenvalue weighted by Gasteiger charge is 2.41. The minimum absolute atomic E-state index is 0.278. The summed E-state index contributed by atoms with van der Waals surface area (Å²) >= 11 is 0. The minimum Gasteiger partial charge on any atom is -0.377 e. The van der Waals surface area contributed by atoms with E-state index in [0.717, 1.165) is 19.3 Å². The summed E-state index contributed by atoms with van der Waals surface area (Å²) in [5.41, 5.74) is 0.0281. The molecule has 20 heavy (non-hydrogen) atoms. The van der Waals surface area contributed by atoms with E-state index >= 15 is 0 Å². The third kappa shape index (κ3) is 3.62. The first-order valence-corrected chi connectivity index (χ1v) is 6.61. The first-order chi connectivity index (χ1) is 9.48. The largest absolute Gasteiger partial charge is 0.454 e. The van der Waals surface area contributed by atoms with E-state index in [9.17, 15) is 18.0 Å². The molecule has 0 spiro atoms. The molecule has 5 heteroatoms. The fourth-order valence-corrected chi connectivity index (χ4v) is 2.26. The van der Waals surface area contributed by atoms with Gasteiger partial charge >= 0.3 is 6.18 Å². The maximum Gasteiger partial charge on any atom is 0.454 e. The molecule has 0 unspecified atom stereocenters. The Balaban J connectivity index is 2.33. The average molecular weight is 283 g/mol. The van der Waals surface area contributed by atoms with Gasteiger partial charge in [0.2, 0.25) is 0 Å². The van der Waals surface area contributed by atoms with Gasteiger partial charge in [-0.25, -0.2) is 0 Å². The summed E-state index contributed by atoms with van der Waals surface area (Å²) in [7, 11) is 0. The van der Waals surface area contributed by atoms with Crippen molar-refractivity contribution < 1.29 is 18.0 Å². The normalized spacial score (nSPS) is 17.1. The molecule has 0 amide bonds. The van der Waals surface area contributed by atoms with Gasteiger partial charge in [-0.3, -0.25) is 4.79 Å². The lowest BCUT2D eigenvalue weighted by molar-refractivity contribution is -0.164. The highest BCUT2D eigenvalue weighted by Crippen LogP contribution is 2.27. The molecular formula is C15H16F3NO.